The second kappa shape index (κ2) is 15.1. The van der Waals surface area contributed by atoms with Crippen LogP contribution in [-0.2, 0) is 28.4 Å². The molecule has 49 heavy (non-hydrogen) atoms. The van der Waals surface area contributed by atoms with E-state index in [9.17, 15) is 45.8 Å². The Morgan fingerprint density at radius 2 is 1.49 bits per heavy atom. The zero-order valence-corrected chi connectivity index (χ0v) is 28.2. The van der Waals surface area contributed by atoms with Gasteiger partial charge in [-0.1, -0.05) is 31.5 Å². The number of aryl methyl sites for hydroxylation is 3. The van der Waals surface area contributed by atoms with Gasteiger partial charge < -0.3 is 19.9 Å². The third-order valence-corrected chi connectivity index (χ3v) is 8.07. The molecule has 0 radical (unpaired) electrons. The molecular weight excluding hydrogens is 659 g/mol. The maximum absolute atomic E-state index is 15.8. The molecular formula is C35H40F7N3O4. The Morgan fingerprint density at radius 3 is 1.98 bits per heavy atom. The van der Waals surface area contributed by atoms with Crippen molar-refractivity contribution in [2.24, 2.45) is 5.92 Å². The zero-order chi connectivity index (χ0) is 37.2. The third kappa shape index (κ3) is 9.71. The van der Waals surface area contributed by atoms with Gasteiger partial charge in [0.2, 0.25) is 5.91 Å². The average molecular weight is 700 g/mol. The minimum atomic E-state index is -5.20. The molecule has 3 rings (SSSR count). The van der Waals surface area contributed by atoms with Crippen molar-refractivity contribution >= 4 is 11.9 Å². The number of nitrogens with one attached hydrogen (secondary N) is 1. The van der Waals surface area contributed by atoms with Gasteiger partial charge in [0, 0.05) is 24.4 Å². The van der Waals surface area contributed by atoms with Crippen molar-refractivity contribution in [3.8, 4) is 11.1 Å². The van der Waals surface area contributed by atoms with Gasteiger partial charge >= 0.3 is 18.3 Å². The minimum Gasteiger partial charge on any atom is -0.481 e. The highest BCUT2D eigenvalue weighted by molar-refractivity contribution is 5.82. The summed E-state index contributed by atoms with van der Waals surface area (Å²) in [4.78, 5) is 40.6. The molecule has 2 unspecified atom stereocenters. The molecule has 1 aromatic heterocycles. The van der Waals surface area contributed by atoms with E-state index < -0.39 is 70.8 Å². The number of rotatable bonds is 12. The molecule has 3 aromatic rings. The number of amides is 1. The van der Waals surface area contributed by atoms with Crippen LogP contribution in [0.1, 0.15) is 77.7 Å². The molecule has 1 amide bonds. The highest BCUT2D eigenvalue weighted by atomic mass is 19.4. The number of pyridine rings is 1. The summed E-state index contributed by atoms with van der Waals surface area (Å²) in [7, 11) is 3.28. The lowest BCUT2D eigenvalue weighted by atomic mass is 9.89. The van der Waals surface area contributed by atoms with Gasteiger partial charge in [-0.3, -0.25) is 14.4 Å². The Hall–Kier alpha value is -4.20. The van der Waals surface area contributed by atoms with Crippen LogP contribution in [-0.4, -0.2) is 47.1 Å². The Labute approximate surface area is 279 Å². The van der Waals surface area contributed by atoms with Crippen molar-refractivity contribution in [3.63, 3.8) is 0 Å². The van der Waals surface area contributed by atoms with Crippen LogP contribution in [0.5, 0.6) is 0 Å². The standard InChI is InChI=1S/C35H40F7N3O4/c1-18(2)10-28(45-17-22(8-9-44(6)7)25(15-29(45)46)34(37,38)39)33(49)43-27(16-30(47)48)24-13-23(14-26(32(24)36)35(40,41)42)31-20(4)11-19(3)12-21(31)5/h11-15,17-18,27-28H,8-10,16H2,1-7H3,(H,43,49)(H,47,48). The molecule has 0 aliphatic heterocycles. The number of benzene rings is 2. The Balaban J connectivity index is 2.24. The van der Waals surface area contributed by atoms with Crippen LogP contribution in [0.2, 0.25) is 0 Å². The lowest BCUT2D eigenvalue weighted by Gasteiger charge is -2.27. The van der Waals surface area contributed by atoms with Gasteiger partial charge in [-0.15, -0.1) is 0 Å². The van der Waals surface area contributed by atoms with Gasteiger partial charge in [0.1, 0.15) is 11.9 Å². The summed E-state index contributed by atoms with van der Waals surface area (Å²) < 4.78 is 101. The quantitative estimate of drug-likeness (QED) is 0.190. The molecule has 7 nitrogen and oxygen atoms in total. The molecule has 2 atom stereocenters. The third-order valence-electron chi connectivity index (χ3n) is 8.07. The maximum atomic E-state index is 15.8. The van der Waals surface area contributed by atoms with E-state index in [1.165, 1.54) is 0 Å². The first-order chi connectivity index (χ1) is 22.5. The monoisotopic (exact) mass is 699 g/mol. The van der Waals surface area contributed by atoms with E-state index in [1.807, 2.05) is 0 Å². The van der Waals surface area contributed by atoms with E-state index in [2.05, 4.69) is 5.32 Å². The van der Waals surface area contributed by atoms with Gasteiger partial charge in [0.25, 0.3) is 5.56 Å². The van der Waals surface area contributed by atoms with E-state index in [-0.39, 0.29) is 36.4 Å². The largest absolute Gasteiger partial charge is 0.481 e. The van der Waals surface area contributed by atoms with Crippen molar-refractivity contribution in [1.29, 1.82) is 0 Å². The minimum absolute atomic E-state index is 0.0633. The molecule has 1 heterocycles. The van der Waals surface area contributed by atoms with Crippen molar-refractivity contribution in [1.82, 2.24) is 14.8 Å². The molecule has 268 valence electrons. The van der Waals surface area contributed by atoms with Crippen LogP contribution in [0.25, 0.3) is 11.1 Å². The van der Waals surface area contributed by atoms with Gasteiger partial charge in [-0.25, -0.2) is 4.39 Å². The van der Waals surface area contributed by atoms with Crippen molar-refractivity contribution in [2.75, 3.05) is 20.6 Å². The van der Waals surface area contributed by atoms with Crippen LogP contribution >= 0.6 is 0 Å². The predicted octanol–water partition coefficient (Wildman–Crippen LogP) is 7.64. The van der Waals surface area contributed by atoms with Crippen LogP contribution < -0.4 is 10.9 Å². The SMILES string of the molecule is Cc1cc(C)c(-c2cc(C(CC(=O)O)NC(=O)C(CC(C)C)n3cc(CCN(C)C)c(C(F)(F)F)cc3=O)c(F)c(C(F)(F)F)c2)c(C)c1. The molecule has 0 saturated carbocycles. The number of aromatic nitrogens is 1. The van der Waals surface area contributed by atoms with Gasteiger partial charge in [0.05, 0.1) is 23.6 Å². The number of carbonyl (C=O) groups is 2. The summed E-state index contributed by atoms with van der Waals surface area (Å²) in [6.07, 6.45) is -10.5. The maximum Gasteiger partial charge on any atom is 0.419 e. The van der Waals surface area contributed by atoms with Crippen LogP contribution in [0.4, 0.5) is 30.7 Å². The Bertz CT molecular complexity index is 1740. The summed E-state index contributed by atoms with van der Waals surface area (Å²) in [5.74, 6) is -4.79. The number of nitrogens with zero attached hydrogens (tertiary/aromatic N) is 2. The molecule has 2 aromatic carbocycles. The summed E-state index contributed by atoms with van der Waals surface area (Å²) in [5.41, 5.74) is -2.78. The van der Waals surface area contributed by atoms with Crippen molar-refractivity contribution < 1.29 is 45.4 Å². The van der Waals surface area contributed by atoms with E-state index in [1.54, 1.807) is 65.7 Å². The van der Waals surface area contributed by atoms with Crippen LogP contribution in [0, 0.1) is 32.5 Å². The molecule has 2 N–H and O–H groups in total. The molecule has 14 heteroatoms. The van der Waals surface area contributed by atoms with Crippen molar-refractivity contribution in [3.05, 3.63) is 91.6 Å². The predicted molar refractivity (Wildman–Crippen MR) is 171 cm³/mol. The summed E-state index contributed by atoms with van der Waals surface area (Å²) in [5, 5.41) is 12.0. The van der Waals surface area contributed by atoms with Gasteiger partial charge in [-0.05, 0) is 93.6 Å². The topological polar surface area (TPSA) is 91.6 Å². The first kappa shape index (κ1) is 39.2. The lowest BCUT2D eigenvalue weighted by molar-refractivity contribution is -0.140. The number of alkyl halides is 6. The molecule has 0 bridgehead atoms. The van der Waals surface area contributed by atoms with E-state index >= 15 is 4.39 Å². The highest BCUT2D eigenvalue weighted by Crippen LogP contribution is 2.40. The number of carboxylic acid groups (broad SMARTS) is 1. The second-order valence-corrected chi connectivity index (χ2v) is 13.0. The fraction of sp³-hybridized carbons (Fsp3) is 0.457. The van der Waals surface area contributed by atoms with Gasteiger partial charge in [0.15, 0.2) is 0 Å². The summed E-state index contributed by atoms with van der Waals surface area (Å²) >= 11 is 0. The lowest BCUT2D eigenvalue weighted by Crippen LogP contribution is -2.41. The normalized spacial score (nSPS) is 13.6. The Morgan fingerprint density at radius 1 is 0.918 bits per heavy atom. The fourth-order valence-corrected chi connectivity index (χ4v) is 6.00. The molecule has 0 aliphatic carbocycles. The molecule has 0 fully saturated rings. The fourth-order valence-electron chi connectivity index (χ4n) is 6.00. The zero-order valence-electron chi connectivity index (χ0n) is 28.2. The van der Waals surface area contributed by atoms with E-state index in [0.29, 0.717) is 28.8 Å². The number of likely N-dealkylation sites (N-methyl/N-ethyl adjacent to an activating group) is 1. The average Bonchev–Trinajstić information content (AvgIpc) is 2.93. The second-order valence-electron chi connectivity index (χ2n) is 13.0. The number of carboxylic acids is 1. The van der Waals surface area contributed by atoms with Crippen LogP contribution in [0.3, 0.4) is 0 Å². The van der Waals surface area contributed by atoms with E-state index in [0.717, 1.165) is 22.4 Å². The highest BCUT2D eigenvalue weighted by Gasteiger charge is 2.39. The molecule has 0 saturated heterocycles. The Kier molecular flexibility index (Phi) is 12.1. The number of hydrogen-bond acceptors (Lipinski definition) is 4. The summed E-state index contributed by atoms with van der Waals surface area (Å²) in [6.45, 7) is 8.62. The molecule has 0 spiro atoms. The first-order valence-corrected chi connectivity index (χ1v) is 15.5. The number of hydrogen-bond donors (Lipinski definition) is 2. The van der Waals surface area contributed by atoms with Gasteiger partial charge in [-0.2, -0.15) is 26.3 Å². The first-order valence-electron chi connectivity index (χ1n) is 15.5. The summed E-state index contributed by atoms with van der Waals surface area (Å²) in [6, 6.07) is 2.14. The van der Waals surface area contributed by atoms with E-state index in [4.69, 9.17) is 0 Å². The number of halogens is 7. The van der Waals surface area contributed by atoms with Crippen molar-refractivity contribution in [2.45, 2.75) is 78.3 Å². The molecule has 0 aliphatic rings. The van der Waals surface area contributed by atoms with Crippen LogP contribution in [0.15, 0.2) is 41.3 Å². The smallest absolute Gasteiger partial charge is 0.419 e. The number of carbonyl (C=O) groups excluding carboxylic acids is 1. The number of aliphatic carboxylic acids is 1.